The summed E-state index contributed by atoms with van der Waals surface area (Å²) in [4.78, 5) is 2.43. The largest absolute Gasteiger partial charge is 0.330 e. The van der Waals surface area contributed by atoms with Gasteiger partial charge in [0.1, 0.15) is 0 Å². The Balaban J connectivity index is 1.71. The van der Waals surface area contributed by atoms with E-state index in [4.69, 9.17) is 5.73 Å². The number of nitrogens with two attached hydrogens (primary N) is 1. The second-order valence-corrected chi connectivity index (χ2v) is 5.34. The van der Waals surface area contributed by atoms with Gasteiger partial charge in [-0.05, 0) is 57.8 Å². The van der Waals surface area contributed by atoms with Crippen LogP contribution in [0.5, 0.6) is 0 Å². The van der Waals surface area contributed by atoms with Crippen LogP contribution >= 0.6 is 0 Å². The van der Waals surface area contributed by atoms with Gasteiger partial charge >= 0.3 is 0 Å². The van der Waals surface area contributed by atoms with E-state index in [1.165, 1.54) is 38.8 Å². The predicted molar refractivity (Wildman–Crippen MR) is 63.8 cm³/mol. The molecule has 2 atom stereocenters. The van der Waals surface area contributed by atoms with Gasteiger partial charge in [0.05, 0.1) is 0 Å². The molecule has 0 spiro atoms. The molecule has 1 aliphatic carbocycles. The summed E-state index contributed by atoms with van der Waals surface area (Å²) in [5.74, 6) is 1.52. The van der Waals surface area contributed by atoms with Gasteiger partial charge in [0.15, 0.2) is 0 Å². The SMILES string of the molecule is CN1CCC(C(CN)CNC2CCC2)C1. The molecule has 0 aromatic heterocycles. The maximum Gasteiger partial charge on any atom is 0.00672 e. The highest BCUT2D eigenvalue weighted by molar-refractivity contribution is 4.84. The molecule has 2 rings (SSSR count). The van der Waals surface area contributed by atoms with E-state index in [1.807, 2.05) is 0 Å². The molecule has 0 amide bonds. The van der Waals surface area contributed by atoms with Crippen molar-refractivity contribution in [1.29, 1.82) is 0 Å². The van der Waals surface area contributed by atoms with Crippen LogP contribution < -0.4 is 11.1 Å². The Hall–Kier alpha value is -0.120. The van der Waals surface area contributed by atoms with Gasteiger partial charge in [-0.15, -0.1) is 0 Å². The van der Waals surface area contributed by atoms with E-state index in [0.717, 1.165) is 25.0 Å². The minimum Gasteiger partial charge on any atom is -0.330 e. The van der Waals surface area contributed by atoms with Crippen LogP contribution in [0.4, 0.5) is 0 Å². The molecule has 3 heteroatoms. The number of nitrogens with one attached hydrogen (secondary N) is 1. The third-order valence-electron chi connectivity index (χ3n) is 4.17. The third kappa shape index (κ3) is 2.92. The topological polar surface area (TPSA) is 41.3 Å². The third-order valence-corrected chi connectivity index (χ3v) is 4.17. The van der Waals surface area contributed by atoms with E-state index in [0.29, 0.717) is 5.92 Å². The molecule has 2 aliphatic rings. The second kappa shape index (κ2) is 5.28. The van der Waals surface area contributed by atoms with Gasteiger partial charge in [0.25, 0.3) is 0 Å². The van der Waals surface area contributed by atoms with Crippen LogP contribution in [0.3, 0.4) is 0 Å². The highest BCUT2D eigenvalue weighted by Gasteiger charge is 2.27. The maximum atomic E-state index is 5.89. The summed E-state index contributed by atoms with van der Waals surface area (Å²) in [5, 5.41) is 3.66. The first kappa shape index (κ1) is 11.4. The maximum absolute atomic E-state index is 5.89. The quantitative estimate of drug-likeness (QED) is 0.702. The van der Waals surface area contributed by atoms with Crippen LogP contribution in [0.1, 0.15) is 25.7 Å². The van der Waals surface area contributed by atoms with Crippen molar-refractivity contribution in [1.82, 2.24) is 10.2 Å². The predicted octanol–water partition coefficient (Wildman–Crippen LogP) is 0.655. The van der Waals surface area contributed by atoms with Crippen LogP contribution in [0.2, 0.25) is 0 Å². The summed E-state index contributed by atoms with van der Waals surface area (Å²) in [6, 6.07) is 0.804. The number of hydrogen-bond acceptors (Lipinski definition) is 3. The Kier molecular flexibility index (Phi) is 4.00. The molecule has 2 unspecified atom stereocenters. The summed E-state index contributed by atoms with van der Waals surface area (Å²) in [6.45, 7) is 4.48. The molecular weight excluding hydrogens is 186 g/mol. The van der Waals surface area contributed by atoms with E-state index < -0.39 is 0 Å². The average Bonchev–Trinajstić information content (AvgIpc) is 2.56. The fourth-order valence-corrected chi connectivity index (χ4v) is 2.73. The molecular formula is C12H25N3. The summed E-state index contributed by atoms with van der Waals surface area (Å²) in [6.07, 6.45) is 5.51. The minimum absolute atomic E-state index is 0.690. The average molecular weight is 211 g/mol. The van der Waals surface area contributed by atoms with Crippen molar-refractivity contribution < 1.29 is 0 Å². The Morgan fingerprint density at radius 1 is 1.40 bits per heavy atom. The lowest BCUT2D eigenvalue weighted by atomic mass is 9.89. The second-order valence-electron chi connectivity index (χ2n) is 5.34. The summed E-state index contributed by atoms with van der Waals surface area (Å²) < 4.78 is 0. The Morgan fingerprint density at radius 3 is 2.67 bits per heavy atom. The molecule has 1 heterocycles. The number of hydrogen-bond donors (Lipinski definition) is 2. The molecule has 1 saturated carbocycles. The molecule has 3 N–H and O–H groups in total. The standard InChI is InChI=1S/C12H25N3/c1-15-6-5-10(9-15)11(7-13)8-14-12-3-2-4-12/h10-12,14H,2-9,13H2,1H3. The van der Waals surface area contributed by atoms with Crippen LogP contribution in [0, 0.1) is 11.8 Å². The van der Waals surface area contributed by atoms with Crippen molar-refractivity contribution in [3.8, 4) is 0 Å². The molecule has 3 nitrogen and oxygen atoms in total. The molecule has 0 bridgehead atoms. The van der Waals surface area contributed by atoms with Crippen LogP contribution in [0.15, 0.2) is 0 Å². The Bertz CT molecular complexity index is 191. The van der Waals surface area contributed by atoms with Gasteiger partial charge in [-0.1, -0.05) is 6.42 Å². The van der Waals surface area contributed by atoms with E-state index in [1.54, 1.807) is 0 Å². The van der Waals surface area contributed by atoms with Crippen molar-refractivity contribution in [2.75, 3.05) is 33.2 Å². The van der Waals surface area contributed by atoms with Gasteiger partial charge in [0.2, 0.25) is 0 Å². The fourth-order valence-electron chi connectivity index (χ4n) is 2.73. The molecule has 0 aromatic rings. The summed E-state index contributed by atoms with van der Waals surface area (Å²) in [5.41, 5.74) is 5.89. The molecule has 15 heavy (non-hydrogen) atoms. The molecule has 0 aromatic carbocycles. The monoisotopic (exact) mass is 211 g/mol. The van der Waals surface area contributed by atoms with E-state index in [2.05, 4.69) is 17.3 Å². The molecule has 1 aliphatic heterocycles. The Morgan fingerprint density at radius 2 is 2.20 bits per heavy atom. The van der Waals surface area contributed by atoms with Crippen molar-refractivity contribution in [3.05, 3.63) is 0 Å². The van der Waals surface area contributed by atoms with E-state index >= 15 is 0 Å². The molecule has 0 radical (unpaired) electrons. The normalized spacial score (nSPS) is 30.4. The lowest BCUT2D eigenvalue weighted by molar-refractivity contribution is 0.270. The first-order chi connectivity index (χ1) is 7.29. The lowest BCUT2D eigenvalue weighted by Gasteiger charge is -2.30. The van der Waals surface area contributed by atoms with Gasteiger partial charge < -0.3 is 16.0 Å². The first-order valence-corrected chi connectivity index (χ1v) is 6.41. The number of likely N-dealkylation sites (tertiary alicyclic amines) is 1. The smallest absolute Gasteiger partial charge is 0.00672 e. The van der Waals surface area contributed by atoms with Crippen LogP contribution in [-0.2, 0) is 0 Å². The van der Waals surface area contributed by atoms with Crippen molar-refractivity contribution >= 4 is 0 Å². The van der Waals surface area contributed by atoms with Gasteiger partial charge in [-0.2, -0.15) is 0 Å². The van der Waals surface area contributed by atoms with Gasteiger partial charge in [-0.3, -0.25) is 0 Å². The van der Waals surface area contributed by atoms with E-state index in [9.17, 15) is 0 Å². The van der Waals surface area contributed by atoms with Crippen molar-refractivity contribution in [3.63, 3.8) is 0 Å². The lowest BCUT2D eigenvalue weighted by Crippen LogP contribution is -2.42. The van der Waals surface area contributed by atoms with Gasteiger partial charge in [-0.25, -0.2) is 0 Å². The summed E-state index contributed by atoms with van der Waals surface area (Å²) >= 11 is 0. The van der Waals surface area contributed by atoms with Crippen LogP contribution in [-0.4, -0.2) is 44.2 Å². The van der Waals surface area contributed by atoms with Crippen molar-refractivity contribution in [2.24, 2.45) is 17.6 Å². The highest BCUT2D eigenvalue weighted by atomic mass is 15.1. The zero-order valence-electron chi connectivity index (χ0n) is 9.91. The zero-order chi connectivity index (χ0) is 10.7. The zero-order valence-corrected chi connectivity index (χ0v) is 9.91. The van der Waals surface area contributed by atoms with Crippen LogP contribution in [0.25, 0.3) is 0 Å². The molecule has 88 valence electrons. The fraction of sp³-hybridized carbons (Fsp3) is 1.00. The molecule has 2 fully saturated rings. The first-order valence-electron chi connectivity index (χ1n) is 6.41. The number of rotatable bonds is 5. The van der Waals surface area contributed by atoms with E-state index in [-0.39, 0.29) is 0 Å². The highest BCUT2D eigenvalue weighted by Crippen LogP contribution is 2.24. The van der Waals surface area contributed by atoms with Crippen molar-refractivity contribution in [2.45, 2.75) is 31.7 Å². The number of nitrogens with zero attached hydrogens (tertiary/aromatic N) is 1. The molecule has 1 saturated heterocycles. The summed E-state index contributed by atoms with van der Waals surface area (Å²) in [7, 11) is 2.22. The van der Waals surface area contributed by atoms with Gasteiger partial charge in [0, 0.05) is 12.6 Å². The Labute approximate surface area is 93.4 Å². The minimum atomic E-state index is 0.690.